The van der Waals surface area contributed by atoms with E-state index in [0.29, 0.717) is 11.5 Å². The molecule has 0 amide bonds. The predicted octanol–water partition coefficient (Wildman–Crippen LogP) is 4.23. The second kappa shape index (κ2) is 6.04. The molecule has 2 aromatic rings. The Morgan fingerprint density at radius 3 is 2.55 bits per heavy atom. The molecule has 0 aliphatic heterocycles. The van der Waals surface area contributed by atoms with Crippen LogP contribution in [-0.4, -0.2) is 24.4 Å². The van der Waals surface area contributed by atoms with E-state index in [2.05, 4.69) is 0 Å². The van der Waals surface area contributed by atoms with Crippen molar-refractivity contribution in [2.45, 2.75) is 19.4 Å². The molecule has 0 bridgehead atoms. The number of hydrogen-bond donors (Lipinski definition) is 1. The van der Waals surface area contributed by atoms with Crippen molar-refractivity contribution < 1.29 is 14.6 Å². The number of aliphatic hydroxyl groups is 1. The van der Waals surface area contributed by atoms with Gasteiger partial charge in [-0.3, -0.25) is 0 Å². The molecule has 3 nitrogen and oxygen atoms in total. The van der Waals surface area contributed by atoms with Gasteiger partial charge in [-0.1, -0.05) is 17.7 Å². The highest BCUT2D eigenvalue weighted by Crippen LogP contribution is 2.41. The van der Waals surface area contributed by atoms with E-state index in [1.807, 2.05) is 30.3 Å². The summed E-state index contributed by atoms with van der Waals surface area (Å²) in [4.78, 5) is 1.01. The Balaban J connectivity index is 2.35. The van der Waals surface area contributed by atoms with Crippen molar-refractivity contribution in [1.82, 2.24) is 0 Å². The van der Waals surface area contributed by atoms with Crippen molar-refractivity contribution in [1.29, 1.82) is 0 Å². The van der Waals surface area contributed by atoms with Gasteiger partial charge in [-0.15, -0.1) is 11.3 Å². The van der Waals surface area contributed by atoms with Crippen LogP contribution >= 0.6 is 22.9 Å². The standard InChI is InChI=1S/C15H17ClO3S/c1-15(2,17)9-19-11-6-4-5-10(14(11)18-3)12-7-8-13(16)20-12/h4-8,17H,9H2,1-3H3. The van der Waals surface area contributed by atoms with Crippen LogP contribution in [0.3, 0.4) is 0 Å². The van der Waals surface area contributed by atoms with Gasteiger partial charge >= 0.3 is 0 Å². The molecule has 0 radical (unpaired) electrons. The van der Waals surface area contributed by atoms with Crippen LogP contribution in [0.4, 0.5) is 0 Å². The molecule has 0 unspecified atom stereocenters. The number of thiophene rings is 1. The highest BCUT2D eigenvalue weighted by molar-refractivity contribution is 7.19. The first kappa shape index (κ1) is 15.2. The average Bonchev–Trinajstić information content (AvgIpc) is 2.81. The normalized spacial score (nSPS) is 11.4. The van der Waals surface area contributed by atoms with E-state index in [-0.39, 0.29) is 6.61 Å². The highest BCUT2D eigenvalue weighted by atomic mass is 35.5. The molecule has 1 heterocycles. The topological polar surface area (TPSA) is 38.7 Å². The van der Waals surface area contributed by atoms with Gasteiger partial charge in [0.1, 0.15) is 6.61 Å². The lowest BCUT2D eigenvalue weighted by Crippen LogP contribution is -2.28. The van der Waals surface area contributed by atoms with Crippen molar-refractivity contribution in [3.05, 3.63) is 34.7 Å². The SMILES string of the molecule is COc1c(OCC(C)(C)O)cccc1-c1ccc(Cl)s1. The van der Waals surface area contributed by atoms with Crippen molar-refractivity contribution in [2.75, 3.05) is 13.7 Å². The third-order valence-corrected chi connectivity index (χ3v) is 3.87. The summed E-state index contributed by atoms with van der Waals surface area (Å²) >= 11 is 7.46. The van der Waals surface area contributed by atoms with Crippen LogP contribution in [0.25, 0.3) is 10.4 Å². The summed E-state index contributed by atoms with van der Waals surface area (Å²) in [5.74, 6) is 1.26. The van der Waals surface area contributed by atoms with Crippen LogP contribution in [0.15, 0.2) is 30.3 Å². The van der Waals surface area contributed by atoms with Gasteiger partial charge in [-0.05, 0) is 38.1 Å². The minimum absolute atomic E-state index is 0.192. The molecule has 0 saturated heterocycles. The molecule has 0 aliphatic carbocycles. The Kier molecular flexibility index (Phi) is 4.58. The molecule has 108 valence electrons. The number of rotatable bonds is 5. The Hall–Kier alpha value is -1.23. The number of para-hydroxylation sites is 1. The largest absolute Gasteiger partial charge is 0.492 e. The fourth-order valence-corrected chi connectivity index (χ4v) is 2.81. The second-order valence-corrected chi connectivity index (χ2v) is 6.76. The number of hydrogen-bond acceptors (Lipinski definition) is 4. The van der Waals surface area contributed by atoms with Gasteiger partial charge in [0.05, 0.1) is 17.0 Å². The maximum absolute atomic E-state index is 9.75. The van der Waals surface area contributed by atoms with Crippen molar-refractivity contribution in [2.24, 2.45) is 0 Å². The molecule has 5 heteroatoms. The third-order valence-electron chi connectivity index (χ3n) is 2.60. The van der Waals surface area contributed by atoms with Gasteiger partial charge in [0, 0.05) is 10.4 Å². The Morgan fingerprint density at radius 2 is 2.00 bits per heavy atom. The fourth-order valence-electron chi connectivity index (χ4n) is 1.75. The van der Waals surface area contributed by atoms with Gasteiger partial charge in [0.2, 0.25) is 0 Å². The minimum Gasteiger partial charge on any atom is -0.492 e. The van der Waals surface area contributed by atoms with E-state index in [0.717, 1.165) is 14.8 Å². The summed E-state index contributed by atoms with van der Waals surface area (Å²) < 4.78 is 11.8. The lowest BCUT2D eigenvalue weighted by molar-refractivity contribution is 0.0276. The molecule has 0 aliphatic rings. The minimum atomic E-state index is -0.896. The predicted molar refractivity (Wildman–Crippen MR) is 83.1 cm³/mol. The number of halogens is 1. The zero-order chi connectivity index (χ0) is 14.8. The molecule has 1 N–H and O–H groups in total. The highest BCUT2D eigenvalue weighted by Gasteiger charge is 2.17. The van der Waals surface area contributed by atoms with E-state index < -0.39 is 5.60 Å². The number of benzene rings is 1. The fraction of sp³-hybridized carbons (Fsp3) is 0.333. The van der Waals surface area contributed by atoms with Gasteiger partial charge in [-0.2, -0.15) is 0 Å². The molecular weight excluding hydrogens is 296 g/mol. The molecule has 0 atom stereocenters. The van der Waals surface area contributed by atoms with Gasteiger partial charge < -0.3 is 14.6 Å². The number of ether oxygens (including phenoxy) is 2. The Morgan fingerprint density at radius 1 is 1.25 bits per heavy atom. The zero-order valence-electron chi connectivity index (χ0n) is 11.6. The molecule has 0 saturated carbocycles. The van der Waals surface area contributed by atoms with Crippen LogP contribution in [0.5, 0.6) is 11.5 Å². The third kappa shape index (κ3) is 3.66. The maximum Gasteiger partial charge on any atom is 0.169 e. The summed E-state index contributed by atoms with van der Waals surface area (Å²) in [5, 5.41) is 9.75. The van der Waals surface area contributed by atoms with E-state index in [1.54, 1.807) is 21.0 Å². The summed E-state index contributed by atoms with van der Waals surface area (Å²) in [6.45, 7) is 3.59. The van der Waals surface area contributed by atoms with Crippen LogP contribution in [-0.2, 0) is 0 Å². The molecule has 2 rings (SSSR count). The first-order valence-electron chi connectivity index (χ1n) is 6.18. The van der Waals surface area contributed by atoms with Crippen LogP contribution in [0.1, 0.15) is 13.8 Å². The van der Waals surface area contributed by atoms with E-state index in [1.165, 1.54) is 11.3 Å². The lowest BCUT2D eigenvalue weighted by atomic mass is 10.1. The van der Waals surface area contributed by atoms with Crippen LogP contribution in [0, 0.1) is 0 Å². The summed E-state index contributed by atoms with van der Waals surface area (Å²) in [7, 11) is 1.60. The van der Waals surface area contributed by atoms with Crippen molar-refractivity contribution >= 4 is 22.9 Å². The molecule has 1 aromatic carbocycles. The average molecular weight is 313 g/mol. The van der Waals surface area contributed by atoms with Gasteiger partial charge in [0.15, 0.2) is 11.5 Å². The van der Waals surface area contributed by atoms with Gasteiger partial charge in [0.25, 0.3) is 0 Å². The van der Waals surface area contributed by atoms with Gasteiger partial charge in [-0.25, -0.2) is 0 Å². The Bertz CT molecular complexity index is 587. The summed E-state index contributed by atoms with van der Waals surface area (Å²) in [6.07, 6.45) is 0. The van der Waals surface area contributed by atoms with E-state index in [9.17, 15) is 5.11 Å². The lowest BCUT2D eigenvalue weighted by Gasteiger charge is -2.20. The molecule has 0 fully saturated rings. The summed E-state index contributed by atoms with van der Waals surface area (Å²) in [5.41, 5.74) is 0.0328. The Labute approximate surface area is 127 Å². The summed E-state index contributed by atoms with van der Waals surface area (Å²) in [6, 6.07) is 9.47. The van der Waals surface area contributed by atoms with E-state index in [4.69, 9.17) is 21.1 Å². The molecular formula is C15H17ClO3S. The zero-order valence-corrected chi connectivity index (χ0v) is 13.2. The quantitative estimate of drug-likeness (QED) is 0.898. The van der Waals surface area contributed by atoms with Crippen molar-refractivity contribution in [3.63, 3.8) is 0 Å². The monoisotopic (exact) mass is 312 g/mol. The number of methoxy groups -OCH3 is 1. The first-order chi connectivity index (χ1) is 9.40. The maximum atomic E-state index is 9.75. The smallest absolute Gasteiger partial charge is 0.169 e. The second-order valence-electron chi connectivity index (χ2n) is 5.04. The van der Waals surface area contributed by atoms with Crippen molar-refractivity contribution in [3.8, 4) is 21.9 Å². The van der Waals surface area contributed by atoms with Crippen LogP contribution in [0.2, 0.25) is 4.34 Å². The molecule has 20 heavy (non-hydrogen) atoms. The van der Waals surface area contributed by atoms with E-state index >= 15 is 0 Å². The first-order valence-corrected chi connectivity index (χ1v) is 7.38. The van der Waals surface area contributed by atoms with Crippen LogP contribution < -0.4 is 9.47 Å². The molecule has 1 aromatic heterocycles. The molecule has 0 spiro atoms.